The van der Waals surface area contributed by atoms with Crippen molar-refractivity contribution >= 4 is 19.9 Å². The Hall–Kier alpha value is -1.12. The highest BCUT2D eigenvalue weighted by atomic mass is 32.2. The third kappa shape index (κ3) is 3.70. The summed E-state index contributed by atoms with van der Waals surface area (Å²) < 4.78 is 55.8. The molecule has 0 unspecified atom stereocenters. The van der Waals surface area contributed by atoms with E-state index in [2.05, 4.69) is 0 Å². The summed E-state index contributed by atoms with van der Waals surface area (Å²) in [5.41, 5.74) is 0.581. The minimum Gasteiger partial charge on any atom is -0.497 e. The van der Waals surface area contributed by atoms with Crippen LogP contribution >= 0.6 is 0 Å². The molecule has 2 rings (SSSR count). The zero-order valence-electron chi connectivity index (χ0n) is 13.8. The van der Waals surface area contributed by atoms with Gasteiger partial charge in [-0.25, -0.2) is 16.8 Å². The molecule has 130 valence electrons. The van der Waals surface area contributed by atoms with E-state index in [1.54, 1.807) is 19.1 Å². The number of hydrogen-bond acceptors (Lipinski definition) is 5. The van der Waals surface area contributed by atoms with Crippen molar-refractivity contribution in [2.75, 3.05) is 26.0 Å². The van der Waals surface area contributed by atoms with Crippen LogP contribution < -0.4 is 4.74 Å². The number of aryl methyl sites for hydroxylation is 1. The Morgan fingerprint density at radius 3 is 2.30 bits per heavy atom. The first kappa shape index (κ1) is 18.2. The Labute approximate surface area is 138 Å². The zero-order chi connectivity index (χ0) is 17.4. The van der Waals surface area contributed by atoms with Crippen LogP contribution in [-0.2, 0) is 19.9 Å². The van der Waals surface area contributed by atoms with Crippen LogP contribution in [0, 0.1) is 12.8 Å². The number of benzene rings is 1. The molecule has 0 aromatic heterocycles. The number of rotatable bonds is 6. The van der Waals surface area contributed by atoms with Crippen molar-refractivity contribution in [3.05, 3.63) is 23.8 Å². The molecular formula is C15H23NO5S2. The summed E-state index contributed by atoms with van der Waals surface area (Å²) in [6.45, 7) is 5.44. The second-order valence-corrected chi connectivity index (χ2v) is 10.5. The van der Waals surface area contributed by atoms with Crippen LogP contribution in [0.15, 0.2) is 23.1 Å². The average Bonchev–Trinajstić information content (AvgIpc) is 2.33. The highest BCUT2D eigenvalue weighted by Gasteiger charge is 2.43. The fourth-order valence-electron chi connectivity index (χ4n) is 2.60. The minimum atomic E-state index is -3.67. The molecule has 0 radical (unpaired) electrons. The number of sulfonamides is 1. The van der Waals surface area contributed by atoms with Gasteiger partial charge in [0.25, 0.3) is 0 Å². The Balaban J connectivity index is 2.15. The van der Waals surface area contributed by atoms with E-state index in [0.717, 1.165) is 0 Å². The fraction of sp³-hybridized carbons (Fsp3) is 0.600. The normalized spacial score (nSPS) is 17.3. The first-order chi connectivity index (χ1) is 10.6. The van der Waals surface area contributed by atoms with Crippen LogP contribution in [0.4, 0.5) is 0 Å². The third-order valence-corrected chi connectivity index (χ3v) is 8.32. The SMILES string of the molecule is COc1ccc(S(=O)(=O)N2CC(S(=O)(=O)CC(C)C)C2)c(C)c1. The first-order valence-electron chi connectivity index (χ1n) is 7.44. The second-order valence-electron chi connectivity index (χ2n) is 6.30. The summed E-state index contributed by atoms with van der Waals surface area (Å²) in [6, 6.07) is 4.74. The van der Waals surface area contributed by atoms with Gasteiger partial charge in [0.05, 0.1) is 23.0 Å². The monoisotopic (exact) mass is 361 g/mol. The number of sulfone groups is 1. The van der Waals surface area contributed by atoms with Crippen LogP contribution in [0.3, 0.4) is 0 Å². The van der Waals surface area contributed by atoms with Gasteiger partial charge in [0.15, 0.2) is 9.84 Å². The van der Waals surface area contributed by atoms with Crippen molar-refractivity contribution in [3.8, 4) is 5.75 Å². The molecule has 1 aromatic rings. The molecule has 0 saturated carbocycles. The molecule has 0 N–H and O–H groups in total. The smallest absolute Gasteiger partial charge is 0.243 e. The number of hydrogen-bond donors (Lipinski definition) is 0. The van der Waals surface area contributed by atoms with Gasteiger partial charge in [-0.3, -0.25) is 0 Å². The lowest BCUT2D eigenvalue weighted by Gasteiger charge is -2.38. The molecule has 0 bridgehead atoms. The topological polar surface area (TPSA) is 80.8 Å². The van der Waals surface area contributed by atoms with Crippen molar-refractivity contribution in [2.24, 2.45) is 5.92 Å². The van der Waals surface area contributed by atoms with Crippen molar-refractivity contribution in [2.45, 2.75) is 30.9 Å². The molecule has 1 aromatic carbocycles. The van der Waals surface area contributed by atoms with E-state index in [1.165, 1.54) is 17.5 Å². The molecule has 0 atom stereocenters. The van der Waals surface area contributed by atoms with Gasteiger partial charge in [0.2, 0.25) is 10.0 Å². The van der Waals surface area contributed by atoms with E-state index in [0.29, 0.717) is 11.3 Å². The molecule has 1 heterocycles. The average molecular weight is 361 g/mol. The summed E-state index contributed by atoms with van der Waals surface area (Å²) in [7, 11) is -5.39. The van der Waals surface area contributed by atoms with E-state index in [1.807, 2.05) is 13.8 Å². The molecule has 23 heavy (non-hydrogen) atoms. The number of nitrogens with zero attached hydrogens (tertiary/aromatic N) is 1. The molecule has 1 fully saturated rings. The predicted octanol–water partition coefficient (Wildman–Crippen LogP) is 1.45. The van der Waals surface area contributed by atoms with Gasteiger partial charge < -0.3 is 4.74 Å². The van der Waals surface area contributed by atoms with Gasteiger partial charge >= 0.3 is 0 Å². The zero-order valence-corrected chi connectivity index (χ0v) is 15.4. The molecule has 8 heteroatoms. The lowest BCUT2D eigenvalue weighted by molar-refractivity contribution is 0.309. The first-order valence-corrected chi connectivity index (χ1v) is 10.6. The molecule has 6 nitrogen and oxygen atoms in total. The number of ether oxygens (including phenoxy) is 1. The van der Waals surface area contributed by atoms with Crippen LogP contribution in [0.25, 0.3) is 0 Å². The molecule has 0 amide bonds. The van der Waals surface area contributed by atoms with Gasteiger partial charge in [-0.2, -0.15) is 4.31 Å². The van der Waals surface area contributed by atoms with Gasteiger partial charge in [-0.05, 0) is 36.6 Å². The Morgan fingerprint density at radius 2 is 1.83 bits per heavy atom. The van der Waals surface area contributed by atoms with E-state index in [4.69, 9.17) is 4.74 Å². The third-order valence-electron chi connectivity index (χ3n) is 3.89. The van der Waals surface area contributed by atoms with Crippen LogP contribution in [-0.4, -0.2) is 52.3 Å². The van der Waals surface area contributed by atoms with E-state index < -0.39 is 25.1 Å². The lowest BCUT2D eigenvalue weighted by atomic mass is 10.2. The Morgan fingerprint density at radius 1 is 1.22 bits per heavy atom. The van der Waals surface area contributed by atoms with Crippen LogP contribution in [0.2, 0.25) is 0 Å². The van der Waals surface area contributed by atoms with Crippen molar-refractivity contribution in [1.29, 1.82) is 0 Å². The van der Waals surface area contributed by atoms with Crippen molar-refractivity contribution in [1.82, 2.24) is 4.31 Å². The summed E-state index contributed by atoms with van der Waals surface area (Å²) in [5, 5.41) is -0.599. The van der Waals surface area contributed by atoms with Crippen molar-refractivity contribution in [3.63, 3.8) is 0 Å². The maximum absolute atomic E-state index is 12.6. The largest absolute Gasteiger partial charge is 0.497 e. The Kier molecular flexibility index (Phi) is 5.08. The standard InChI is InChI=1S/C15H23NO5S2/c1-11(2)10-22(17,18)14-8-16(9-14)23(19,20)15-6-5-13(21-4)7-12(15)3/h5-7,11,14H,8-10H2,1-4H3. The summed E-state index contributed by atoms with van der Waals surface area (Å²) >= 11 is 0. The molecule has 1 aliphatic heterocycles. The van der Waals surface area contributed by atoms with Crippen molar-refractivity contribution < 1.29 is 21.6 Å². The molecule has 0 aliphatic carbocycles. The maximum atomic E-state index is 12.6. The highest BCUT2D eigenvalue weighted by Crippen LogP contribution is 2.29. The lowest BCUT2D eigenvalue weighted by Crippen LogP contribution is -2.57. The van der Waals surface area contributed by atoms with E-state index in [-0.39, 0.29) is 29.7 Å². The highest BCUT2D eigenvalue weighted by molar-refractivity contribution is 7.92. The second kappa shape index (κ2) is 6.41. The summed E-state index contributed by atoms with van der Waals surface area (Å²) in [6.07, 6.45) is 0. The predicted molar refractivity (Wildman–Crippen MR) is 88.9 cm³/mol. The molecular weight excluding hydrogens is 338 g/mol. The molecule has 0 spiro atoms. The van der Waals surface area contributed by atoms with Gasteiger partial charge in [0.1, 0.15) is 5.75 Å². The Bertz CT molecular complexity index is 778. The van der Waals surface area contributed by atoms with Gasteiger partial charge in [-0.15, -0.1) is 0 Å². The van der Waals surface area contributed by atoms with Crippen LogP contribution in [0.1, 0.15) is 19.4 Å². The fourth-order valence-corrected chi connectivity index (χ4v) is 6.54. The van der Waals surface area contributed by atoms with E-state index >= 15 is 0 Å². The number of methoxy groups -OCH3 is 1. The molecule has 1 saturated heterocycles. The summed E-state index contributed by atoms with van der Waals surface area (Å²) in [5.74, 6) is 0.713. The quantitative estimate of drug-likeness (QED) is 0.766. The van der Waals surface area contributed by atoms with Gasteiger partial charge in [-0.1, -0.05) is 13.8 Å². The maximum Gasteiger partial charge on any atom is 0.243 e. The summed E-state index contributed by atoms with van der Waals surface area (Å²) in [4.78, 5) is 0.193. The minimum absolute atomic E-state index is 0.0306. The van der Waals surface area contributed by atoms with E-state index in [9.17, 15) is 16.8 Å². The van der Waals surface area contributed by atoms with Crippen LogP contribution in [0.5, 0.6) is 5.75 Å². The molecule has 1 aliphatic rings. The van der Waals surface area contributed by atoms with Gasteiger partial charge in [0, 0.05) is 13.1 Å².